The van der Waals surface area contributed by atoms with Crippen molar-refractivity contribution in [3.05, 3.63) is 28.8 Å². The lowest BCUT2D eigenvalue weighted by Crippen LogP contribution is -2.74. The molecule has 1 aromatic rings. The number of nitrogens with two attached hydrogens (primary N) is 1. The van der Waals surface area contributed by atoms with E-state index in [1.807, 2.05) is 6.92 Å². The second kappa shape index (κ2) is 9.46. The van der Waals surface area contributed by atoms with Crippen molar-refractivity contribution in [2.75, 3.05) is 20.7 Å². The maximum Gasteiger partial charge on any atom is 0.338 e. The van der Waals surface area contributed by atoms with E-state index in [-0.39, 0.29) is 36.1 Å². The molecule has 0 bridgehead atoms. The molecule has 3 aliphatic carbocycles. The number of benzene rings is 1. The molecule has 4 N–H and O–H groups in total. The molecule has 3 aliphatic rings. The van der Waals surface area contributed by atoms with Crippen LogP contribution in [0.5, 0.6) is 5.75 Å². The number of primary amides is 1. The van der Waals surface area contributed by atoms with Gasteiger partial charge in [0.1, 0.15) is 5.75 Å². The largest absolute Gasteiger partial charge is 0.507 e. The Bertz CT molecular complexity index is 1220. The molecule has 198 valence electrons. The highest BCUT2D eigenvalue weighted by Crippen LogP contribution is 2.51. The van der Waals surface area contributed by atoms with Gasteiger partial charge in [-0.3, -0.25) is 28.9 Å². The summed E-state index contributed by atoms with van der Waals surface area (Å²) >= 11 is 0. The highest BCUT2D eigenvalue weighted by Gasteiger charge is 2.69. The average molecular weight is 515 g/mol. The van der Waals surface area contributed by atoms with Gasteiger partial charge in [0.25, 0.3) is 0 Å². The number of Topliss-reactive ketones (excluding diaryl/α,β-unsaturated/α-hetero) is 4. The number of fused-ring (bicyclic) bond motifs is 3. The van der Waals surface area contributed by atoms with Crippen molar-refractivity contribution in [2.24, 2.45) is 29.4 Å². The Morgan fingerprint density at radius 3 is 2.43 bits per heavy atom. The minimum Gasteiger partial charge on any atom is -0.507 e. The number of nitrogens with zero attached hydrogens (tertiary/aromatic N) is 1. The van der Waals surface area contributed by atoms with Gasteiger partial charge in [-0.05, 0) is 57.0 Å². The Balaban J connectivity index is 1.81. The predicted octanol–water partition coefficient (Wildman–Crippen LogP) is -0.176. The highest BCUT2D eigenvalue weighted by molar-refractivity contribution is 6.32. The van der Waals surface area contributed by atoms with Crippen molar-refractivity contribution in [1.29, 1.82) is 0 Å². The number of ketones is 4. The fourth-order valence-electron chi connectivity index (χ4n) is 6.18. The van der Waals surface area contributed by atoms with Crippen molar-refractivity contribution in [1.82, 2.24) is 4.90 Å². The Morgan fingerprint density at radius 2 is 1.84 bits per heavy atom. The molecular formula is C26H30N2O9. The normalized spacial score (nSPS) is 31.0. The van der Waals surface area contributed by atoms with Crippen LogP contribution in [0.1, 0.15) is 52.5 Å². The smallest absolute Gasteiger partial charge is 0.338 e. The maximum atomic E-state index is 13.7. The third kappa shape index (κ3) is 3.88. The van der Waals surface area contributed by atoms with Crippen LogP contribution in [0.4, 0.5) is 0 Å². The fraction of sp³-hybridized carbons (Fsp3) is 0.538. The molecule has 0 radical (unpaired) electrons. The molecule has 0 heterocycles. The number of hydrogen-bond acceptors (Lipinski definition) is 10. The van der Waals surface area contributed by atoms with Crippen LogP contribution in [-0.2, 0) is 30.3 Å². The number of likely N-dealkylation sites (N-methyl/N-ethyl adjacent to an activating group) is 1. The van der Waals surface area contributed by atoms with Gasteiger partial charge in [-0.1, -0.05) is 13.3 Å². The maximum absolute atomic E-state index is 13.7. The van der Waals surface area contributed by atoms with Crippen molar-refractivity contribution in [3.63, 3.8) is 0 Å². The molecule has 2 fully saturated rings. The van der Waals surface area contributed by atoms with E-state index in [2.05, 4.69) is 0 Å². The van der Waals surface area contributed by atoms with Crippen molar-refractivity contribution >= 4 is 35.0 Å². The summed E-state index contributed by atoms with van der Waals surface area (Å²) in [5.74, 6) is -12.1. The second-order valence-electron chi connectivity index (χ2n) is 10.3. The summed E-state index contributed by atoms with van der Waals surface area (Å²) in [6, 6.07) is 1.32. The van der Waals surface area contributed by atoms with Gasteiger partial charge in [-0.2, -0.15) is 0 Å². The van der Waals surface area contributed by atoms with Crippen LogP contribution >= 0.6 is 0 Å². The van der Waals surface area contributed by atoms with Crippen LogP contribution in [0.15, 0.2) is 12.1 Å². The number of aromatic hydroxyl groups is 1. The molecule has 1 amide bonds. The van der Waals surface area contributed by atoms with E-state index >= 15 is 0 Å². The number of phenols is 1. The highest BCUT2D eigenvalue weighted by atomic mass is 16.5. The molecule has 0 spiro atoms. The summed E-state index contributed by atoms with van der Waals surface area (Å²) in [6.45, 7) is 2.11. The minimum absolute atomic E-state index is 0.00154. The van der Waals surface area contributed by atoms with Crippen LogP contribution in [-0.4, -0.2) is 82.5 Å². The summed E-state index contributed by atoms with van der Waals surface area (Å²) in [7, 11) is 3.02. The van der Waals surface area contributed by atoms with Crippen LogP contribution in [0.3, 0.4) is 0 Å². The van der Waals surface area contributed by atoms with E-state index < -0.39 is 76.1 Å². The first-order valence-electron chi connectivity index (χ1n) is 12.2. The van der Waals surface area contributed by atoms with Gasteiger partial charge in [0.2, 0.25) is 5.91 Å². The fourth-order valence-corrected chi connectivity index (χ4v) is 6.18. The van der Waals surface area contributed by atoms with Crippen LogP contribution in [0.25, 0.3) is 0 Å². The average Bonchev–Trinajstić information content (AvgIpc) is 2.81. The molecule has 0 saturated heterocycles. The van der Waals surface area contributed by atoms with Gasteiger partial charge in [0.15, 0.2) is 34.7 Å². The topological polar surface area (TPSA) is 181 Å². The lowest BCUT2D eigenvalue weighted by Gasteiger charge is -2.52. The number of ether oxygens (including phenoxy) is 1. The van der Waals surface area contributed by atoms with Crippen LogP contribution in [0, 0.1) is 23.7 Å². The summed E-state index contributed by atoms with van der Waals surface area (Å²) in [5, 5.41) is 22.1. The lowest BCUT2D eigenvalue weighted by molar-refractivity contribution is -0.181. The minimum atomic E-state index is -2.79. The van der Waals surface area contributed by atoms with E-state index in [4.69, 9.17) is 10.5 Å². The van der Waals surface area contributed by atoms with Crippen LogP contribution in [0.2, 0.25) is 0 Å². The van der Waals surface area contributed by atoms with Gasteiger partial charge in [-0.15, -0.1) is 0 Å². The zero-order valence-electron chi connectivity index (χ0n) is 20.9. The molecule has 0 aromatic heterocycles. The van der Waals surface area contributed by atoms with E-state index in [0.717, 1.165) is 12.5 Å². The summed E-state index contributed by atoms with van der Waals surface area (Å²) in [6.07, 6.45) is 1.35. The van der Waals surface area contributed by atoms with Gasteiger partial charge < -0.3 is 20.7 Å². The van der Waals surface area contributed by atoms with E-state index in [9.17, 15) is 39.0 Å². The van der Waals surface area contributed by atoms with Crippen molar-refractivity contribution in [3.8, 4) is 5.75 Å². The summed E-state index contributed by atoms with van der Waals surface area (Å²) in [4.78, 5) is 79.9. The number of carbonyl (C=O) groups is 6. The van der Waals surface area contributed by atoms with Gasteiger partial charge in [0, 0.05) is 5.92 Å². The van der Waals surface area contributed by atoms with E-state index in [0.29, 0.717) is 6.42 Å². The third-order valence-corrected chi connectivity index (χ3v) is 7.90. The SMILES string of the molecule is CCCCOC(=O)c1ccc(O)c2c1C[C@H]1C[C@H]3[C@H](N(C)C)C(=O)C(C(N)=O)C(=O)[C@@]3(O)C(=O)C1C2=O. The number of rotatable bonds is 6. The first-order chi connectivity index (χ1) is 17.4. The van der Waals surface area contributed by atoms with E-state index in [1.165, 1.54) is 25.1 Å². The zero-order chi connectivity index (χ0) is 27.4. The van der Waals surface area contributed by atoms with Crippen LogP contribution < -0.4 is 5.73 Å². The molecular weight excluding hydrogens is 484 g/mol. The Morgan fingerprint density at radius 1 is 1.16 bits per heavy atom. The van der Waals surface area contributed by atoms with Gasteiger partial charge in [-0.25, -0.2) is 4.79 Å². The number of hydrogen-bond donors (Lipinski definition) is 3. The first kappa shape index (κ1) is 26.6. The van der Waals surface area contributed by atoms with E-state index in [1.54, 1.807) is 0 Å². The molecule has 11 heteroatoms. The first-order valence-corrected chi connectivity index (χ1v) is 12.2. The number of amides is 1. The Hall–Kier alpha value is -3.44. The number of phenolic OH excluding ortho intramolecular Hbond substituents is 1. The van der Waals surface area contributed by atoms with Gasteiger partial charge in [0.05, 0.1) is 29.7 Å². The van der Waals surface area contributed by atoms with Crippen molar-refractivity contribution in [2.45, 2.75) is 44.2 Å². The molecule has 1 aromatic carbocycles. The monoisotopic (exact) mass is 514 g/mol. The second-order valence-corrected chi connectivity index (χ2v) is 10.3. The molecule has 37 heavy (non-hydrogen) atoms. The molecule has 2 saturated carbocycles. The van der Waals surface area contributed by atoms with Gasteiger partial charge >= 0.3 is 5.97 Å². The third-order valence-electron chi connectivity index (χ3n) is 7.90. The standard InChI is InChI=1S/C26H30N2O9/c1-4-5-8-37-25(35)12-6-7-15(29)17-13(12)9-11-10-14-19(28(2)3)21(31)18(24(27)34)23(33)26(14,36)22(32)16(11)20(17)30/h6-7,11,14,16,18-19,29,36H,4-5,8-10H2,1-3H3,(H2,27,34)/t11-,14-,16?,18?,19-,26-/m0/s1. The van der Waals surface area contributed by atoms with Crippen molar-refractivity contribution < 1.29 is 43.7 Å². The quantitative estimate of drug-likeness (QED) is 0.262. The Labute approximate surface area is 212 Å². The summed E-state index contributed by atoms with van der Waals surface area (Å²) in [5.41, 5.74) is 2.57. The number of carbonyl (C=O) groups excluding carboxylic acids is 6. The Kier molecular flexibility index (Phi) is 6.80. The number of unbranched alkanes of at least 4 members (excludes halogenated alkanes) is 1. The molecule has 4 rings (SSSR count). The molecule has 11 nitrogen and oxygen atoms in total. The number of aliphatic hydroxyl groups is 1. The zero-order valence-corrected chi connectivity index (χ0v) is 20.9. The molecule has 2 unspecified atom stereocenters. The lowest BCUT2D eigenvalue weighted by atomic mass is 9.52. The molecule has 0 aliphatic heterocycles. The molecule has 6 atom stereocenters. The number of esters is 1. The summed E-state index contributed by atoms with van der Waals surface area (Å²) < 4.78 is 5.30. The predicted molar refractivity (Wildman–Crippen MR) is 127 cm³/mol.